The zero-order valence-corrected chi connectivity index (χ0v) is 11.9. The van der Waals surface area contributed by atoms with Crippen molar-refractivity contribution in [3.8, 4) is 5.75 Å². The summed E-state index contributed by atoms with van der Waals surface area (Å²) in [4.78, 5) is 3.18. The molecule has 0 aliphatic heterocycles. The van der Waals surface area contributed by atoms with Crippen LogP contribution in [0.4, 0.5) is 0 Å². The predicted molar refractivity (Wildman–Crippen MR) is 79.9 cm³/mol. The Morgan fingerprint density at radius 2 is 2.10 bits per heavy atom. The molecule has 20 heavy (non-hydrogen) atoms. The van der Waals surface area contributed by atoms with Gasteiger partial charge in [-0.2, -0.15) is 5.10 Å². The van der Waals surface area contributed by atoms with Gasteiger partial charge in [0, 0.05) is 23.6 Å². The van der Waals surface area contributed by atoms with E-state index < -0.39 is 0 Å². The lowest BCUT2D eigenvalue weighted by atomic mass is 10.2. The lowest BCUT2D eigenvalue weighted by Gasteiger charge is -2.07. The highest BCUT2D eigenvalue weighted by molar-refractivity contribution is 5.80. The van der Waals surface area contributed by atoms with Crippen molar-refractivity contribution in [3.63, 3.8) is 0 Å². The van der Waals surface area contributed by atoms with E-state index in [2.05, 4.69) is 36.1 Å². The molecular weight excluding hydrogens is 250 g/mol. The van der Waals surface area contributed by atoms with Gasteiger partial charge in [-0.3, -0.25) is 4.68 Å². The van der Waals surface area contributed by atoms with Crippen molar-refractivity contribution in [2.45, 2.75) is 33.4 Å². The van der Waals surface area contributed by atoms with Crippen LogP contribution in [0.2, 0.25) is 0 Å². The molecule has 3 rings (SSSR count). The number of aryl methyl sites for hydroxylation is 2. The van der Waals surface area contributed by atoms with E-state index in [1.54, 1.807) is 0 Å². The third-order valence-electron chi connectivity index (χ3n) is 3.49. The second-order valence-electron chi connectivity index (χ2n) is 4.81. The Balaban J connectivity index is 1.76. The number of nitrogens with zero attached hydrogens (tertiary/aromatic N) is 2. The Hall–Kier alpha value is -2.23. The predicted octanol–water partition coefficient (Wildman–Crippen LogP) is 3.53. The van der Waals surface area contributed by atoms with Crippen LogP contribution in [-0.4, -0.2) is 14.8 Å². The number of aromatic amines is 1. The topological polar surface area (TPSA) is 42.8 Å². The summed E-state index contributed by atoms with van der Waals surface area (Å²) < 4.78 is 7.90. The largest absolute Gasteiger partial charge is 0.487 e. The molecule has 0 bridgehead atoms. The molecule has 0 amide bonds. The SMILES string of the molecule is CCc1cc(COc2ccc3[nH]ccc3c2)n(CC)n1. The molecule has 3 aromatic rings. The lowest BCUT2D eigenvalue weighted by Crippen LogP contribution is -2.06. The Kier molecular flexibility index (Phi) is 3.46. The van der Waals surface area contributed by atoms with Crippen molar-refractivity contribution >= 4 is 10.9 Å². The van der Waals surface area contributed by atoms with Crippen LogP contribution in [0.3, 0.4) is 0 Å². The standard InChI is InChI=1S/C16H19N3O/c1-3-13-10-14(19(4-2)18-13)11-20-15-5-6-16-12(9-15)7-8-17-16/h5-10,17H,3-4,11H2,1-2H3. The van der Waals surface area contributed by atoms with Gasteiger partial charge in [0.05, 0.1) is 11.4 Å². The van der Waals surface area contributed by atoms with E-state index in [9.17, 15) is 0 Å². The summed E-state index contributed by atoms with van der Waals surface area (Å²) in [5.41, 5.74) is 3.37. The average Bonchev–Trinajstić information content (AvgIpc) is 3.10. The molecule has 0 saturated heterocycles. The van der Waals surface area contributed by atoms with Crippen molar-refractivity contribution in [2.24, 2.45) is 0 Å². The van der Waals surface area contributed by atoms with Crippen LogP contribution in [0.5, 0.6) is 5.75 Å². The molecule has 0 atom stereocenters. The molecule has 4 nitrogen and oxygen atoms in total. The number of hydrogen-bond acceptors (Lipinski definition) is 2. The molecule has 0 unspecified atom stereocenters. The van der Waals surface area contributed by atoms with E-state index >= 15 is 0 Å². The van der Waals surface area contributed by atoms with Crippen LogP contribution in [0, 0.1) is 0 Å². The Morgan fingerprint density at radius 1 is 1.20 bits per heavy atom. The minimum Gasteiger partial charge on any atom is -0.487 e. The summed E-state index contributed by atoms with van der Waals surface area (Å²) in [6.45, 7) is 5.64. The molecule has 1 aromatic carbocycles. The first kappa shape index (κ1) is 12.8. The van der Waals surface area contributed by atoms with Crippen molar-refractivity contribution < 1.29 is 4.74 Å². The van der Waals surface area contributed by atoms with Crippen molar-refractivity contribution in [1.82, 2.24) is 14.8 Å². The molecule has 104 valence electrons. The highest BCUT2D eigenvalue weighted by Gasteiger charge is 2.06. The van der Waals surface area contributed by atoms with Crippen LogP contribution >= 0.6 is 0 Å². The van der Waals surface area contributed by atoms with Gasteiger partial charge in [0.1, 0.15) is 12.4 Å². The molecule has 0 spiro atoms. The Labute approximate surface area is 118 Å². The fraction of sp³-hybridized carbons (Fsp3) is 0.312. The third-order valence-corrected chi connectivity index (χ3v) is 3.49. The fourth-order valence-electron chi connectivity index (χ4n) is 2.36. The number of benzene rings is 1. The highest BCUT2D eigenvalue weighted by atomic mass is 16.5. The van der Waals surface area contributed by atoms with Gasteiger partial charge in [0.2, 0.25) is 0 Å². The Bertz CT molecular complexity index is 711. The third kappa shape index (κ3) is 2.41. The molecule has 0 saturated carbocycles. The maximum absolute atomic E-state index is 5.90. The van der Waals surface area contributed by atoms with Crippen LogP contribution in [0.1, 0.15) is 25.2 Å². The van der Waals surface area contributed by atoms with E-state index in [-0.39, 0.29) is 0 Å². The fourth-order valence-corrected chi connectivity index (χ4v) is 2.36. The first-order valence-electron chi connectivity index (χ1n) is 7.05. The zero-order chi connectivity index (χ0) is 13.9. The zero-order valence-electron chi connectivity index (χ0n) is 11.9. The number of ether oxygens (including phenoxy) is 1. The van der Waals surface area contributed by atoms with Crippen LogP contribution < -0.4 is 4.74 Å². The van der Waals surface area contributed by atoms with Crippen LogP contribution in [0.25, 0.3) is 10.9 Å². The first-order valence-corrected chi connectivity index (χ1v) is 7.05. The first-order chi connectivity index (χ1) is 9.80. The second kappa shape index (κ2) is 5.41. The van der Waals surface area contributed by atoms with E-state index in [1.165, 1.54) is 5.39 Å². The van der Waals surface area contributed by atoms with Gasteiger partial charge in [-0.25, -0.2) is 0 Å². The van der Waals surface area contributed by atoms with Gasteiger partial charge in [0.25, 0.3) is 0 Å². The molecule has 2 aromatic heterocycles. The number of nitrogens with one attached hydrogen (secondary N) is 1. The molecule has 1 N–H and O–H groups in total. The van der Waals surface area contributed by atoms with Crippen LogP contribution in [-0.2, 0) is 19.6 Å². The van der Waals surface area contributed by atoms with Gasteiger partial charge in [-0.1, -0.05) is 6.92 Å². The summed E-state index contributed by atoms with van der Waals surface area (Å²) in [5, 5.41) is 5.70. The monoisotopic (exact) mass is 269 g/mol. The van der Waals surface area contributed by atoms with Gasteiger partial charge < -0.3 is 9.72 Å². The molecule has 2 heterocycles. The number of rotatable bonds is 5. The van der Waals surface area contributed by atoms with E-state index in [4.69, 9.17) is 4.74 Å². The Morgan fingerprint density at radius 3 is 2.90 bits per heavy atom. The maximum Gasteiger partial charge on any atom is 0.130 e. The number of aromatic nitrogens is 3. The van der Waals surface area contributed by atoms with E-state index in [0.717, 1.165) is 35.6 Å². The summed E-state index contributed by atoms with van der Waals surface area (Å²) in [5.74, 6) is 0.888. The smallest absolute Gasteiger partial charge is 0.130 e. The normalized spacial score (nSPS) is 11.1. The molecule has 4 heteroatoms. The average molecular weight is 269 g/mol. The number of hydrogen-bond donors (Lipinski definition) is 1. The quantitative estimate of drug-likeness (QED) is 0.770. The molecular formula is C16H19N3O. The molecule has 0 aliphatic rings. The van der Waals surface area contributed by atoms with Gasteiger partial charge in [0.15, 0.2) is 0 Å². The van der Waals surface area contributed by atoms with Crippen LogP contribution in [0.15, 0.2) is 36.5 Å². The summed E-state index contributed by atoms with van der Waals surface area (Å²) in [7, 11) is 0. The van der Waals surface area contributed by atoms with Gasteiger partial charge in [-0.05, 0) is 43.7 Å². The van der Waals surface area contributed by atoms with Gasteiger partial charge in [-0.15, -0.1) is 0 Å². The molecule has 0 aliphatic carbocycles. The minimum atomic E-state index is 0.552. The summed E-state index contributed by atoms with van der Waals surface area (Å²) in [6.07, 6.45) is 2.89. The minimum absolute atomic E-state index is 0.552. The second-order valence-corrected chi connectivity index (χ2v) is 4.81. The van der Waals surface area contributed by atoms with Crippen molar-refractivity contribution in [3.05, 3.63) is 47.9 Å². The highest BCUT2D eigenvalue weighted by Crippen LogP contribution is 2.20. The number of fused-ring (bicyclic) bond motifs is 1. The molecule has 0 radical (unpaired) electrons. The van der Waals surface area contributed by atoms with Gasteiger partial charge >= 0.3 is 0 Å². The van der Waals surface area contributed by atoms with E-state index in [1.807, 2.05) is 29.1 Å². The number of H-pyrrole nitrogens is 1. The van der Waals surface area contributed by atoms with Crippen molar-refractivity contribution in [1.29, 1.82) is 0 Å². The molecule has 0 fully saturated rings. The maximum atomic E-state index is 5.90. The summed E-state index contributed by atoms with van der Waals surface area (Å²) in [6, 6.07) is 10.3. The van der Waals surface area contributed by atoms with Crippen molar-refractivity contribution in [2.75, 3.05) is 0 Å². The lowest BCUT2D eigenvalue weighted by molar-refractivity contribution is 0.293. The van der Waals surface area contributed by atoms with E-state index in [0.29, 0.717) is 6.61 Å². The summed E-state index contributed by atoms with van der Waals surface area (Å²) >= 11 is 0.